The van der Waals surface area contributed by atoms with Gasteiger partial charge in [0.15, 0.2) is 6.29 Å². The van der Waals surface area contributed by atoms with E-state index in [0.29, 0.717) is 11.1 Å². The molecule has 0 radical (unpaired) electrons. The van der Waals surface area contributed by atoms with Crippen LogP contribution in [0.3, 0.4) is 0 Å². The van der Waals surface area contributed by atoms with E-state index in [2.05, 4.69) is 24.3 Å². The third-order valence-corrected chi connectivity index (χ3v) is 3.87. The SMILES string of the molecule is O=CC(F)(F)[C@H](OOC(=O)OCc1ccccc1)[C@H](O)COOC(=O)OCc1ccccc1. The Balaban J connectivity index is 1.77. The van der Waals surface area contributed by atoms with E-state index in [1.807, 2.05) is 0 Å². The van der Waals surface area contributed by atoms with Crippen molar-refractivity contribution >= 4 is 18.6 Å². The monoisotopic (exact) mass is 470 g/mol. The first kappa shape index (κ1) is 25.6. The van der Waals surface area contributed by atoms with E-state index in [9.17, 15) is 28.3 Å². The fourth-order valence-corrected chi connectivity index (χ4v) is 2.26. The third kappa shape index (κ3) is 9.19. The Morgan fingerprint density at radius 3 is 1.85 bits per heavy atom. The summed E-state index contributed by atoms with van der Waals surface area (Å²) in [6.45, 7) is -1.47. The maximum atomic E-state index is 13.8. The van der Waals surface area contributed by atoms with Crippen molar-refractivity contribution in [3.8, 4) is 0 Å². The second kappa shape index (κ2) is 13.1. The van der Waals surface area contributed by atoms with Gasteiger partial charge in [0.25, 0.3) is 0 Å². The van der Waals surface area contributed by atoms with Gasteiger partial charge in [-0.3, -0.25) is 14.6 Å². The van der Waals surface area contributed by atoms with E-state index in [1.165, 1.54) is 0 Å². The van der Waals surface area contributed by atoms with Gasteiger partial charge in [0.05, 0.1) is 0 Å². The van der Waals surface area contributed by atoms with Crippen molar-refractivity contribution in [2.45, 2.75) is 31.3 Å². The number of carbonyl (C=O) groups is 3. The van der Waals surface area contributed by atoms with Crippen molar-refractivity contribution < 1.29 is 57.3 Å². The van der Waals surface area contributed by atoms with Crippen LogP contribution < -0.4 is 0 Å². The summed E-state index contributed by atoms with van der Waals surface area (Å²) in [5.41, 5.74) is 1.22. The first-order valence-corrected chi connectivity index (χ1v) is 9.38. The zero-order chi connectivity index (χ0) is 24.1. The van der Waals surface area contributed by atoms with Crippen molar-refractivity contribution in [1.82, 2.24) is 0 Å². The number of aldehydes is 1. The highest BCUT2D eigenvalue weighted by Crippen LogP contribution is 2.23. The summed E-state index contributed by atoms with van der Waals surface area (Å²) in [7, 11) is 0. The van der Waals surface area contributed by atoms with Crippen LogP contribution in [0.5, 0.6) is 0 Å². The second-order valence-corrected chi connectivity index (χ2v) is 6.38. The normalized spacial score (nSPS) is 12.8. The van der Waals surface area contributed by atoms with Gasteiger partial charge in [-0.1, -0.05) is 60.7 Å². The molecule has 2 aromatic carbocycles. The van der Waals surface area contributed by atoms with Crippen molar-refractivity contribution in [1.29, 1.82) is 0 Å². The molecule has 0 bridgehead atoms. The minimum absolute atomic E-state index is 0.153. The Bertz CT molecular complexity index is 879. The summed E-state index contributed by atoms with van der Waals surface area (Å²) in [5, 5.41) is 9.86. The molecular formula is C21H20F2O10. The molecule has 0 saturated heterocycles. The number of hydrogen-bond donors (Lipinski definition) is 1. The minimum atomic E-state index is -4.30. The fraction of sp³-hybridized carbons (Fsp3) is 0.286. The topological polar surface area (TPSA) is 127 Å². The number of ether oxygens (including phenoxy) is 2. The number of hydrogen-bond acceptors (Lipinski definition) is 10. The number of rotatable bonds is 12. The summed E-state index contributed by atoms with van der Waals surface area (Å²) in [6.07, 6.45) is -8.60. The molecule has 10 nitrogen and oxygen atoms in total. The number of aliphatic hydroxyl groups is 1. The van der Waals surface area contributed by atoms with Gasteiger partial charge in [-0.15, -0.1) is 0 Å². The summed E-state index contributed by atoms with van der Waals surface area (Å²) in [5.74, 6) is -4.30. The molecule has 178 valence electrons. The minimum Gasteiger partial charge on any atom is -0.427 e. The molecule has 0 heterocycles. The van der Waals surface area contributed by atoms with Crippen LogP contribution in [-0.2, 0) is 47.0 Å². The highest BCUT2D eigenvalue weighted by Gasteiger charge is 2.47. The third-order valence-electron chi connectivity index (χ3n) is 3.87. The molecule has 1 N–H and O–H groups in total. The smallest absolute Gasteiger partial charge is 0.427 e. The number of alkyl halides is 2. The number of benzene rings is 2. The first-order chi connectivity index (χ1) is 15.8. The molecule has 0 aliphatic heterocycles. The van der Waals surface area contributed by atoms with Crippen LogP contribution in [0.4, 0.5) is 18.4 Å². The molecular weight excluding hydrogens is 450 g/mol. The number of carbonyl (C=O) groups excluding carboxylic acids is 3. The van der Waals surface area contributed by atoms with Gasteiger partial charge in [0, 0.05) is 0 Å². The van der Waals surface area contributed by atoms with Crippen LogP contribution in [0.15, 0.2) is 60.7 Å². The Labute approximate surface area is 186 Å². The maximum Gasteiger partial charge on any atom is 0.540 e. The lowest BCUT2D eigenvalue weighted by Crippen LogP contribution is -2.48. The predicted molar refractivity (Wildman–Crippen MR) is 103 cm³/mol. The molecule has 2 rings (SSSR count). The molecule has 0 aliphatic carbocycles. The van der Waals surface area contributed by atoms with Gasteiger partial charge in [-0.25, -0.2) is 9.59 Å². The second-order valence-electron chi connectivity index (χ2n) is 6.38. The van der Waals surface area contributed by atoms with E-state index >= 15 is 0 Å². The summed E-state index contributed by atoms with van der Waals surface area (Å²) < 4.78 is 37.0. The van der Waals surface area contributed by atoms with Crippen molar-refractivity contribution in [3.05, 3.63) is 71.8 Å². The highest BCUT2D eigenvalue weighted by molar-refractivity contribution is 5.61. The molecule has 0 aromatic heterocycles. The quantitative estimate of drug-likeness (QED) is 0.214. The largest absolute Gasteiger partial charge is 0.540 e. The Hall–Kier alpha value is -3.61. The van der Waals surface area contributed by atoms with Crippen LogP contribution in [0.25, 0.3) is 0 Å². The van der Waals surface area contributed by atoms with Gasteiger partial charge >= 0.3 is 18.2 Å². The van der Waals surface area contributed by atoms with Gasteiger partial charge in [-0.2, -0.15) is 18.6 Å². The summed E-state index contributed by atoms with van der Waals surface area (Å²) in [6, 6.07) is 16.9. The van der Waals surface area contributed by atoms with E-state index in [-0.39, 0.29) is 13.2 Å². The molecule has 12 heteroatoms. The fourth-order valence-electron chi connectivity index (χ4n) is 2.26. The average Bonchev–Trinajstić information content (AvgIpc) is 2.82. The number of halogens is 2. The summed E-state index contributed by atoms with van der Waals surface area (Å²) >= 11 is 0. The lowest BCUT2D eigenvalue weighted by atomic mass is 10.1. The zero-order valence-electron chi connectivity index (χ0n) is 17.0. The lowest BCUT2D eigenvalue weighted by Gasteiger charge is -2.24. The van der Waals surface area contributed by atoms with E-state index < -0.39 is 43.3 Å². The van der Waals surface area contributed by atoms with E-state index in [4.69, 9.17) is 4.74 Å². The molecule has 0 saturated carbocycles. The standard InChI is InChI=1S/C21H20F2O10/c22-21(23,14-24)18(31-33-20(27)29-12-16-9-5-2-6-10-16)17(25)13-30-32-19(26)28-11-15-7-3-1-4-8-15/h1-10,14,17-18,25H,11-13H2/t17-,18-/m1/s1. The van der Waals surface area contributed by atoms with E-state index in [1.54, 1.807) is 60.7 Å². The van der Waals surface area contributed by atoms with Crippen LogP contribution in [0.1, 0.15) is 11.1 Å². The first-order valence-electron chi connectivity index (χ1n) is 9.38. The molecule has 33 heavy (non-hydrogen) atoms. The van der Waals surface area contributed by atoms with Crippen molar-refractivity contribution in [2.75, 3.05) is 6.61 Å². The van der Waals surface area contributed by atoms with Gasteiger partial charge in [0.2, 0.25) is 6.10 Å². The molecule has 2 atom stereocenters. The van der Waals surface area contributed by atoms with Gasteiger partial charge in [-0.05, 0) is 11.1 Å². The van der Waals surface area contributed by atoms with Gasteiger partial charge < -0.3 is 14.6 Å². The molecule has 2 aromatic rings. The predicted octanol–water partition coefficient (Wildman–Crippen LogP) is 3.12. The number of aliphatic hydroxyl groups excluding tert-OH is 1. The Kier molecular flexibility index (Phi) is 10.1. The Morgan fingerprint density at radius 2 is 1.36 bits per heavy atom. The van der Waals surface area contributed by atoms with Crippen molar-refractivity contribution in [3.63, 3.8) is 0 Å². The van der Waals surface area contributed by atoms with E-state index in [0.717, 1.165) is 0 Å². The molecule has 0 fully saturated rings. The molecule has 0 amide bonds. The highest BCUT2D eigenvalue weighted by atomic mass is 19.3. The van der Waals surface area contributed by atoms with Crippen LogP contribution in [-0.4, -0.2) is 48.4 Å². The maximum absolute atomic E-state index is 13.8. The van der Waals surface area contributed by atoms with Gasteiger partial charge in [0.1, 0.15) is 25.9 Å². The molecule has 0 aliphatic rings. The molecule has 0 unspecified atom stereocenters. The zero-order valence-corrected chi connectivity index (χ0v) is 17.0. The van der Waals surface area contributed by atoms with Crippen LogP contribution in [0.2, 0.25) is 0 Å². The van der Waals surface area contributed by atoms with Crippen LogP contribution >= 0.6 is 0 Å². The van der Waals surface area contributed by atoms with Crippen molar-refractivity contribution in [2.24, 2.45) is 0 Å². The van der Waals surface area contributed by atoms with Crippen LogP contribution in [0, 0.1) is 0 Å². The average molecular weight is 470 g/mol. The molecule has 0 spiro atoms. The summed E-state index contributed by atoms with van der Waals surface area (Å²) in [4.78, 5) is 50.5. The lowest BCUT2D eigenvalue weighted by molar-refractivity contribution is -0.349. The Morgan fingerprint density at radius 1 is 0.879 bits per heavy atom.